The molecular weight excluding hydrogens is 407 g/mol. The number of rotatable bonds is 5. The Morgan fingerprint density at radius 2 is 2.05 bits per heavy atom. The van der Waals surface area contributed by atoms with Gasteiger partial charge in [-0.2, -0.15) is 0 Å². The summed E-state index contributed by atoms with van der Waals surface area (Å²) in [5.74, 6) is -0.869. The molecule has 22 heavy (non-hydrogen) atoms. The smallest absolute Gasteiger partial charge is 0.408 e. The normalized spacial score (nSPS) is 21.7. The highest BCUT2D eigenvalue weighted by Crippen LogP contribution is 2.22. The Bertz CT molecular complexity index is 449. The van der Waals surface area contributed by atoms with E-state index in [4.69, 9.17) is 10.5 Å². The van der Waals surface area contributed by atoms with Crippen LogP contribution in [0, 0.1) is 0 Å². The van der Waals surface area contributed by atoms with Gasteiger partial charge >= 0.3 is 6.09 Å². The molecule has 0 bridgehead atoms. The van der Waals surface area contributed by atoms with Crippen molar-refractivity contribution in [2.75, 3.05) is 20.8 Å². The Hall–Kier alpha value is -1.14. The van der Waals surface area contributed by atoms with Crippen LogP contribution in [0.1, 0.15) is 19.8 Å². The van der Waals surface area contributed by atoms with Crippen molar-refractivity contribution < 1.29 is 23.9 Å². The Morgan fingerprint density at radius 3 is 2.55 bits per heavy atom. The number of likely N-dealkylation sites (tertiary alicyclic amines) is 1. The molecule has 1 heterocycles. The van der Waals surface area contributed by atoms with Gasteiger partial charge < -0.3 is 14.4 Å². The van der Waals surface area contributed by atoms with E-state index in [1.807, 2.05) is 0 Å². The van der Waals surface area contributed by atoms with Crippen LogP contribution in [0.4, 0.5) is 4.79 Å². The molecule has 1 unspecified atom stereocenters. The van der Waals surface area contributed by atoms with Gasteiger partial charge in [0.15, 0.2) is 5.66 Å². The molecule has 3 atom stereocenters. The van der Waals surface area contributed by atoms with Crippen LogP contribution in [0.25, 0.3) is 0 Å². The van der Waals surface area contributed by atoms with Crippen molar-refractivity contribution >= 4 is 40.8 Å². The lowest BCUT2D eigenvalue weighted by atomic mass is 10.0. The minimum atomic E-state index is -1.82. The molecule has 0 aromatic heterocycles. The number of amides is 3. The maximum Gasteiger partial charge on any atom is 0.408 e. The molecule has 0 aliphatic carbocycles. The molecule has 0 saturated carbocycles. The highest BCUT2D eigenvalue weighted by atomic mass is 127. The van der Waals surface area contributed by atoms with Crippen LogP contribution in [0.5, 0.6) is 0 Å². The fourth-order valence-corrected chi connectivity index (χ4v) is 2.68. The Balaban J connectivity index is 3.05. The van der Waals surface area contributed by atoms with E-state index >= 15 is 0 Å². The molecule has 4 N–H and O–H groups in total. The lowest BCUT2D eigenvalue weighted by Gasteiger charge is -2.37. The zero-order valence-electron chi connectivity index (χ0n) is 12.7. The summed E-state index contributed by atoms with van der Waals surface area (Å²) < 4.78 is 12.1. The number of nitrogens with two attached hydrogens (primary N) is 1. The van der Waals surface area contributed by atoms with Crippen molar-refractivity contribution in [3.63, 3.8) is 0 Å². The zero-order valence-corrected chi connectivity index (χ0v) is 14.9. The first-order valence-corrected chi connectivity index (χ1v) is 7.79. The van der Waals surface area contributed by atoms with Crippen LogP contribution in [0.2, 0.25) is 0 Å². The van der Waals surface area contributed by atoms with E-state index in [0.717, 1.165) is 0 Å². The number of nitrogens with one attached hydrogen (secondary N) is 2. The Morgan fingerprint density at radius 1 is 1.41 bits per heavy atom. The van der Waals surface area contributed by atoms with Gasteiger partial charge in [0.1, 0.15) is 12.1 Å². The third-order valence-corrected chi connectivity index (χ3v) is 4.28. The van der Waals surface area contributed by atoms with E-state index in [0.29, 0.717) is 19.4 Å². The van der Waals surface area contributed by atoms with Gasteiger partial charge in [0.25, 0.3) is 11.8 Å². The molecule has 0 aromatic carbocycles. The summed E-state index contributed by atoms with van der Waals surface area (Å²) in [6, 6.07) is -0.615. The third kappa shape index (κ3) is 3.79. The molecule has 1 rings (SSSR count). The first kappa shape index (κ1) is 18.9. The monoisotopic (exact) mass is 428 g/mol. The molecule has 1 aliphatic heterocycles. The summed E-state index contributed by atoms with van der Waals surface area (Å²) >= 11 is 1.72. The zero-order chi connectivity index (χ0) is 16.9. The molecule has 9 nitrogen and oxygen atoms in total. The minimum Gasteiger partial charge on any atom is -0.453 e. The molecule has 0 radical (unpaired) electrons. The summed E-state index contributed by atoms with van der Waals surface area (Å²) in [5.41, 5.74) is 4.27. The molecule has 1 saturated heterocycles. The topological polar surface area (TPSA) is 123 Å². The van der Waals surface area contributed by atoms with Gasteiger partial charge in [-0.25, -0.2) is 4.79 Å². The Kier molecular flexibility index (Phi) is 6.81. The highest BCUT2D eigenvalue weighted by molar-refractivity contribution is 14.1. The second-order valence-corrected chi connectivity index (χ2v) is 5.52. The number of alkyl carbamates (subject to hydrolysis) is 1. The minimum absolute atomic E-state index is 0.281. The fraction of sp³-hybridized carbons (Fsp3) is 0.750. The second-order valence-electron chi connectivity index (χ2n) is 4.98. The van der Waals surface area contributed by atoms with Crippen molar-refractivity contribution in [1.82, 2.24) is 13.7 Å². The molecule has 1 fully saturated rings. The van der Waals surface area contributed by atoms with Gasteiger partial charge in [-0.05, 0) is 19.8 Å². The quantitative estimate of drug-likeness (QED) is 0.308. The van der Waals surface area contributed by atoms with Crippen LogP contribution < -0.4 is 14.6 Å². The fourth-order valence-electron chi connectivity index (χ4n) is 2.32. The predicted octanol–water partition coefficient (Wildman–Crippen LogP) is -0.511. The summed E-state index contributed by atoms with van der Waals surface area (Å²) in [6.45, 7) is 1.93. The molecule has 0 spiro atoms. The van der Waals surface area contributed by atoms with Gasteiger partial charge in [-0.15, -0.1) is 0 Å². The third-order valence-electron chi connectivity index (χ3n) is 3.75. The summed E-state index contributed by atoms with van der Waals surface area (Å²) in [6.07, 6.45) is -0.455. The maximum absolute atomic E-state index is 12.8. The van der Waals surface area contributed by atoms with Crippen molar-refractivity contribution in [2.24, 2.45) is 5.73 Å². The predicted molar refractivity (Wildman–Crippen MR) is 85.8 cm³/mol. The standard InChI is InChI=1S/C12H21IN4O5/c1-7(21-2)12(14,15-11(20)22-3)10(19)17-6-4-5-8(17)9(18)16-13/h7-8H,4-6,14H2,1-3H3,(H,15,20)(H,16,18)/t7?,8-,12-/m0/s1. The summed E-state index contributed by atoms with van der Waals surface area (Å²) in [7, 11) is 2.54. The molecule has 126 valence electrons. The molecule has 3 amide bonds. The van der Waals surface area contributed by atoms with E-state index in [9.17, 15) is 14.4 Å². The first-order chi connectivity index (χ1) is 10.3. The first-order valence-electron chi connectivity index (χ1n) is 6.71. The van der Waals surface area contributed by atoms with E-state index in [-0.39, 0.29) is 5.91 Å². The number of methoxy groups -OCH3 is 2. The highest BCUT2D eigenvalue weighted by Gasteiger charge is 2.48. The van der Waals surface area contributed by atoms with Crippen molar-refractivity contribution in [3.8, 4) is 0 Å². The second kappa shape index (κ2) is 7.92. The van der Waals surface area contributed by atoms with Gasteiger partial charge in [0.2, 0.25) is 0 Å². The number of ether oxygens (including phenoxy) is 2. The number of hydrogen-bond acceptors (Lipinski definition) is 6. The molecule has 1 aliphatic rings. The number of carbonyl (C=O) groups excluding carboxylic acids is 3. The number of carbonyl (C=O) groups is 3. The van der Waals surface area contributed by atoms with E-state index in [1.165, 1.54) is 19.1 Å². The van der Waals surface area contributed by atoms with Crippen molar-refractivity contribution in [2.45, 2.75) is 37.6 Å². The number of halogens is 1. The van der Waals surface area contributed by atoms with Crippen molar-refractivity contribution in [3.05, 3.63) is 0 Å². The van der Waals surface area contributed by atoms with Gasteiger partial charge in [-0.3, -0.25) is 24.2 Å². The van der Waals surface area contributed by atoms with E-state index in [2.05, 4.69) is 13.6 Å². The Labute approximate surface area is 142 Å². The SMILES string of the molecule is COC(=O)N[C@](N)(C(=O)N1CCC[C@H]1C(=O)NI)C(C)OC. The van der Waals surface area contributed by atoms with Gasteiger partial charge in [-0.1, -0.05) is 0 Å². The van der Waals surface area contributed by atoms with Crippen LogP contribution >= 0.6 is 22.9 Å². The van der Waals surface area contributed by atoms with Gasteiger partial charge in [0.05, 0.1) is 30.0 Å². The van der Waals surface area contributed by atoms with Crippen LogP contribution in [0.3, 0.4) is 0 Å². The summed E-state index contributed by atoms with van der Waals surface area (Å²) in [5, 5.41) is 2.31. The average Bonchev–Trinajstić information content (AvgIpc) is 3.01. The molecular formula is C12H21IN4O5. The largest absolute Gasteiger partial charge is 0.453 e. The number of nitrogens with zero attached hydrogens (tertiary/aromatic N) is 1. The van der Waals surface area contributed by atoms with Crippen LogP contribution in [0.15, 0.2) is 0 Å². The average molecular weight is 428 g/mol. The van der Waals surface area contributed by atoms with Crippen LogP contribution in [-0.4, -0.2) is 61.4 Å². The van der Waals surface area contributed by atoms with Crippen LogP contribution in [-0.2, 0) is 19.1 Å². The maximum atomic E-state index is 12.8. The molecule has 10 heteroatoms. The number of hydrogen-bond donors (Lipinski definition) is 3. The van der Waals surface area contributed by atoms with E-state index < -0.39 is 29.8 Å². The lowest BCUT2D eigenvalue weighted by molar-refractivity contribution is -0.147. The summed E-state index contributed by atoms with van der Waals surface area (Å²) in [4.78, 5) is 37.6. The van der Waals surface area contributed by atoms with Gasteiger partial charge in [0, 0.05) is 13.7 Å². The lowest BCUT2D eigenvalue weighted by Crippen LogP contribution is -2.72. The van der Waals surface area contributed by atoms with Crippen molar-refractivity contribution in [1.29, 1.82) is 0 Å². The molecule has 0 aromatic rings. The van der Waals surface area contributed by atoms with E-state index in [1.54, 1.807) is 29.8 Å².